The molecule has 8 nitrogen and oxygen atoms in total. The predicted molar refractivity (Wildman–Crippen MR) is 105 cm³/mol. The number of hydrogen-bond donors (Lipinski definition) is 0. The van der Waals surface area contributed by atoms with Gasteiger partial charge in [0.25, 0.3) is 0 Å². The number of carbonyl (C=O) groups excluding carboxylic acids is 2. The monoisotopic (exact) mass is 396 g/mol. The molecule has 4 heterocycles. The van der Waals surface area contributed by atoms with E-state index >= 15 is 0 Å². The number of carbonyl (C=O) groups is 2. The summed E-state index contributed by atoms with van der Waals surface area (Å²) in [7, 11) is 0. The molecule has 2 aliphatic heterocycles. The van der Waals surface area contributed by atoms with Gasteiger partial charge in [-0.25, -0.2) is 4.98 Å². The first kappa shape index (κ1) is 17.3. The van der Waals surface area contributed by atoms with Crippen LogP contribution in [0, 0.1) is 5.92 Å². The Morgan fingerprint density at radius 1 is 1.11 bits per heavy atom. The van der Waals surface area contributed by atoms with Gasteiger partial charge in [-0.05, 0) is 25.0 Å². The van der Waals surface area contributed by atoms with Gasteiger partial charge in [-0.15, -0.1) is 10.2 Å². The van der Waals surface area contributed by atoms with Crippen LogP contribution in [0.15, 0.2) is 36.9 Å². The molecule has 5 rings (SSSR count). The average Bonchev–Trinajstić information content (AvgIpc) is 3.46. The van der Waals surface area contributed by atoms with Crippen molar-refractivity contribution in [3.8, 4) is 0 Å². The van der Waals surface area contributed by atoms with E-state index in [1.165, 1.54) is 11.3 Å². The normalized spacial score (nSPS) is 21.0. The number of likely N-dealkylation sites (tertiary alicyclic amines) is 1. The molecule has 3 aromatic rings. The fourth-order valence-electron chi connectivity index (χ4n) is 4.07. The second kappa shape index (κ2) is 6.97. The third-order valence-corrected chi connectivity index (χ3v) is 6.68. The van der Waals surface area contributed by atoms with Crippen molar-refractivity contribution < 1.29 is 9.59 Å². The van der Waals surface area contributed by atoms with Crippen molar-refractivity contribution in [1.82, 2.24) is 24.6 Å². The van der Waals surface area contributed by atoms with Crippen LogP contribution in [0.4, 0.5) is 5.13 Å². The van der Waals surface area contributed by atoms with Gasteiger partial charge < -0.3 is 9.47 Å². The van der Waals surface area contributed by atoms with Gasteiger partial charge in [0.1, 0.15) is 12.7 Å². The van der Waals surface area contributed by atoms with E-state index in [-0.39, 0.29) is 24.2 Å². The Morgan fingerprint density at radius 3 is 2.61 bits per heavy atom. The first-order valence-corrected chi connectivity index (χ1v) is 10.3. The summed E-state index contributed by atoms with van der Waals surface area (Å²) in [6, 6.07) is 8.18. The fraction of sp³-hybridized carbons (Fsp3) is 0.421. The number of para-hydroxylation sites is 1. The van der Waals surface area contributed by atoms with Gasteiger partial charge in [-0.3, -0.25) is 14.5 Å². The molecule has 2 amide bonds. The molecule has 2 aromatic heterocycles. The molecule has 1 unspecified atom stereocenters. The molecule has 0 bridgehead atoms. The van der Waals surface area contributed by atoms with Crippen LogP contribution in [-0.2, 0) is 9.59 Å². The number of piperidine rings is 1. The molecule has 144 valence electrons. The van der Waals surface area contributed by atoms with Gasteiger partial charge in [0, 0.05) is 32.1 Å². The zero-order chi connectivity index (χ0) is 19.1. The summed E-state index contributed by atoms with van der Waals surface area (Å²) in [6.07, 6.45) is 5.49. The lowest BCUT2D eigenvalue weighted by atomic mass is 10.0. The first-order valence-electron chi connectivity index (χ1n) is 9.48. The number of thiazole rings is 1. The summed E-state index contributed by atoms with van der Waals surface area (Å²) in [5.41, 5.74) is 0.890. The Bertz CT molecular complexity index is 976. The number of nitrogens with zero attached hydrogens (tertiary/aromatic N) is 6. The third kappa shape index (κ3) is 3.05. The zero-order valence-corrected chi connectivity index (χ0v) is 16.1. The molecular weight excluding hydrogens is 376 g/mol. The molecule has 0 saturated carbocycles. The number of benzene rings is 1. The molecule has 0 aliphatic carbocycles. The number of fused-ring (bicyclic) bond motifs is 1. The van der Waals surface area contributed by atoms with Crippen molar-refractivity contribution in [2.24, 2.45) is 5.92 Å². The largest absolute Gasteiger partial charge is 0.342 e. The Balaban J connectivity index is 1.25. The highest BCUT2D eigenvalue weighted by Gasteiger charge is 2.39. The fourth-order valence-corrected chi connectivity index (χ4v) is 5.07. The Morgan fingerprint density at radius 2 is 1.86 bits per heavy atom. The molecule has 0 spiro atoms. The van der Waals surface area contributed by atoms with E-state index in [2.05, 4.69) is 15.2 Å². The number of hydrogen-bond acceptors (Lipinski definition) is 6. The van der Waals surface area contributed by atoms with Crippen molar-refractivity contribution in [2.75, 3.05) is 24.5 Å². The van der Waals surface area contributed by atoms with Gasteiger partial charge in [0.15, 0.2) is 5.13 Å². The van der Waals surface area contributed by atoms with Crippen molar-refractivity contribution in [1.29, 1.82) is 0 Å². The molecular formula is C19H20N6O2S. The summed E-state index contributed by atoms with van der Waals surface area (Å²) < 4.78 is 3.06. The van der Waals surface area contributed by atoms with Crippen LogP contribution in [0.5, 0.6) is 0 Å². The van der Waals surface area contributed by atoms with Gasteiger partial charge >= 0.3 is 0 Å². The third-order valence-electron chi connectivity index (χ3n) is 5.62. The molecule has 9 heteroatoms. The molecule has 2 saturated heterocycles. The maximum Gasteiger partial charge on any atom is 0.229 e. The van der Waals surface area contributed by atoms with E-state index in [1.54, 1.807) is 17.6 Å². The molecule has 0 radical (unpaired) electrons. The van der Waals surface area contributed by atoms with Crippen molar-refractivity contribution in [3.63, 3.8) is 0 Å². The average molecular weight is 396 g/mol. The molecule has 28 heavy (non-hydrogen) atoms. The smallest absolute Gasteiger partial charge is 0.229 e. The quantitative estimate of drug-likeness (QED) is 0.677. The number of rotatable bonds is 3. The van der Waals surface area contributed by atoms with Gasteiger partial charge in [0.2, 0.25) is 11.8 Å². The lowest BCUT2D eigenvalue weighted by Gasteiger charge is -2.33. The van der Waals surface area contributed by atoms with E-state index in [1.807, 2.05) is 33.7 Å². The van der Waals surface area contributed by atoms with Crippen molar-refractivity contribution >= 4 is 38.5 Å². The maximum absolute atomic E-state index is 13.0. The second-order valence-corrected chi connectivity index (χ2v) is 8.34. The first-order chi connectivity index (χ1) is 13.7. The Labute approximate surface area is 165 Å². The van der Waals surface area contributed by atoms with Crippen LogP contribution in [0.25, 0.3) is 10.2 Å². The minimum absolute atomic E-state index is 0.0169. The molecule has 2 fully saturated rings. The van der Waals surface area contributed by atoms with E-state index in [0.29, 0.717) is 30.8 Å². The number of anilines is 1. The molecule has 1 atom stereocenters. The molecule has 1 aromatic carbocycles. The summed E-state index contributed by atoms with van der Waals surface area (Å²) in [5, 5.41) is 8.41. The zero-order valence-electron chi connectivity index (χ0n) is 15.3. The summed E-state index contributed by atoms with van der Waals surface area (Å²) in [5.74, 6) is -0.220. The highest BCUT2D eigenvalue weighted by atomic mass is 32.1. The molecule has 0 N–H and O–H groups in total. The highest BCUT2D eigenvalue weighted by molar-refractivity contribution is 7.22. The van der Waals surface area contributed by atoms with Crippen LogP contribution >= 0.6 is 11.3 Å². The van der Waals surface area contributed by atoms with Crippen molar-refractivity contribution in [2.45, 2.75) is 25.3 Å². The van der Waals surface area contributed by atoms with Crippen molar-refractivity contribution in [3.05, 3.63) is 36.9 Å². The predicted octanol–water partition coefficient (Wildman–Crippen LogP) is 2.10. The summed E-state index contributed by atoms with van der Waals surface area (Å²) >= 11 is 1.50. The summed E-state index contributed by atoms with van der Waals surface area (Å²) in [6.45, 7) is 1.82. The topological polar surface area (TPSA) is 84.2 Å². The van der Waals surface area contributed by atoms with E-state index < -0.39 is 0 Å². The van der Waals surface area contributed by atoms with Crippen LogP contribution < -0.4 is 4.90 Å². The number of aromatic nitrogens is 4. The van der Waals surface area contributed by atoms with E-state index in [0.717, 1.165) is 23.1 Å². The van der Waals surface area contributed by atoms with Gasteiger partial charge in [-0.2, -0.15) is 0 Å². The lowest BCUT2D eigenvalue weighted by molar-refractivity contribution is -0.137. The van der Waals surface area contributed by atoms with Crippen LogP contribution in [-0.4, -0.2) is 56.1 Å². The lowest BCUT2D eigenvalue weighted by Crippen LogP contribution is -2.42. The standard InChI is InChI=1S/C19H20N6O2S/c26-17-9-13(10-25(17)19-22-15-3-1-2-4-16(15)28-19)18(27)23-7-5-14(6-8-23)24-11-20-21-12-24/h1-4,11-14H,5-10H2. The van der Waals surface area contributed by atoms with E-state index in [4.69, 9.17) is 0 Å². The van der Waals surface area contributed by atoms with Crippen LogP contribution in [0.2, 0.25) is 0 Å². The van der Waals surface area contributed by atoms with E-state index in [9.17, 15) is 9.59 Å². The van der Waals surface area contributed by atoms with Gasteiger partial charge in [-0.1, -0.05) is 23.5 Å². The van der Waals surface area contributed by atoms with Crippen LogP contribution in [0.1, 0.15) is 25.3 Å². The highest BCUT2D eigenvalue weighted by Crippen LogP contribution is 2.33. The van der Waals surface area contributed by atoms with Gasteiger partial charge in [0.05, 0.1) is 16.1 Å². The minimum Gasteiger partial charge on any atom is -0.342 e. The minimum atomic E-state index is -0.286. The number of amides is 2. The SMILES string of the molecule is O=C(C1CC(=O)N(c2nc3ccccc3s2)C1)N1CCC(n2cnnc2)CC1. The Kier molecular flexibility index (Phi) is 4.31. The second-order valence-electron chi connectivity index (χ2n) is 7.34. The maximum atomic E-state index is 13.0. The Hall–Kier alpha value is -2.81. The molecule has 2 aliphatic rings. The van der Waals surface area contributed by atoms with Crippen LogP contribution in [0.3, 0.4) is 0 Å². The summed E-state index contributed by atoms with van der Waals surface area (Å²) in [4.78, 5) is 33.7.